The number of carbonyl (C=O) groups is 2. The number of amides is 2. The van der Waals surface area contributed by atoms with Gasteiger partial charge in [-0.25, -0.2) is 4.39 Å². The summed E-state index contributed by atoms with van der Waals surface area (Å²) in [5, 5.41) is 5.86. The first-order valence-corrected chi connectivity index (χ1v) is 7.10. The Bertz CT molecular complexity index is 548. The molecule has 0 aromatic heterocycles. The Morgan fingerprint density at radius 1 is 1.48 bits per heavy atom. The number of carbonyl (C=O) groups excluding carboxylic acids is 2. The van der Waals surface area contributed by atoms with E-state index in [4.69, 9.17) is 0 Å². The van der Waals surface area contributed by atoms with E-state index < -0.39 is 6.04 Å². The number of hydrogen-bond acceptors (Lipinski definition) is 3. The molecule has 1 heterocycles. The van der Waals surface area contributed by atoms with Gasteiger partial charge in [0.05, 0.1) is 0 Å². The van der Waals surface area contributed by atoms with Crippen LogP contribution in [0.25, 0.3) is 0 Å². The van der Waals surface area contributed by atoms with Gasteiger partial charge in [0.15, 0.2) is 0 Å². The van der Waals surface area contributed by atoms with Crippen LogP contribution in [0.5, 0.6) is 0 Å². The molecule has 1 atom stereocenters. The lowest BCUT2D eigenvalue weighted by molar-refractivity contribution is -0.126. The third-order valence-corrected chi connectivity index (χ3v) is 3.56. The van der Waals surface area contributed by atoms with E-state index in [1.165, 1.54) is 18.2 Å². The molecular formula is C15H20FN3O2. The van der Waals surface area contributed by atoms with Gasteiger partial charge in [-0.05, 0) is 37.6 Å². The van der Waals surface area contributed by atoms with E-state index in [0.717, 1.165) is 0 Å². The van der Waals surface area contributed by atoms with Crippen molar-refractivity contribution in [2.45, 2.75) is 19.9 Å². The Kier molecular flexibility index (Phi) is 4.90. The SMILES string of the molecule is CCNC(=O)C1CNCCN1C(=O)c1ccc(F)c(C)c1. The van der Waals surface area contributed by atoms with Gasteiger partial charge < -0.3 is 15.5 Å². The van der Waals surface area contributed by atoms with Crippen molar-refractivity contribution in [2.75, 3.05) is 26.2 Å². The molecule has 0 aliphatic carbocycles. The van der Waals surface area contributed by atoms with Gasteiger partial charge in [0.25, 0.3) is 5.91 Å². The van der Waals surface area contributed by atoms with E-state index in [-0.39, 0.29) is 17.6 Å². The van der Waals surface area contributed by atoms with Gasteiger partial charge in [-0.15, -0.1) is 0 Å². The van der Waals surface area contributed by atoms with Crippen molar-refractivity contribution in [2.24, 2.45) is 0 Å². The third-order valence-electron chi connectivity index (χ3n) is 3.56. The quantitative estimate of drug-likeness (QED) is 0.862. The van der Waals surface area contributed by atoms with Crippen LogP contribution in [0.15, 0.2) is 18.2 Å². The lowest BCUT2D eigenvalue weighted by atomic mass is 10.1. The Morgan fingerprint density at radius 3 is 2.90 bits per heavy atom. The zero-order chi connectivity index (χ0) is 15.4. The minimum absolute atomic E-state index is 0.170. The summed E-state index contributed by atoms with van der Waals surface area (Å²) in [7, 11) is 0. The van der Waals surface area contributed by atoms with Crippen molar-refractivity contribution in [3.05, 3.63) is 35.1 Å². The van der Waals surface area contributed by atoms with E-state index in [1.807, 2.05) is 6.92 Å². The van der Waals surface area contributed by atoms with Crippen molar-refractivity contribution in [1.29, 1.82) is 0 Å². The highest BCUT2D eigenvalue weighted by Crippen LogP contribution is 2.14. The molecule has 2 rings (SSSR count). The summed E-state index contributed by atoms with van der Waals surface area (Å²) in [6, 6.07) is 3.73. The molecule has 2 amide bonds. The average molecular weight is 293 g/mol. The highest BCUT2D eigenvalue weighted by molar-refractivity contribution is 5.98. The number of benzene rings is 1. The molecule has 21 heavy (non-hydrogen) atoms. The summed E-state index contributed by atoms with van der Waals surface area (Å²) in [5.74, 6) is -0.750. The lowest BCUT2D eigenvalue weighted by Crippen LogP contribution is -2.59. The Morgan fingerprint density at radius 2 is 2.24 bits per heavy atom. The molecule has 1 aliphatic heterocycles. The fraction of sp³-hybridized carbons (Fsp3) is 0.467. The van der Waals surface area contributed by atoms with E-state index in [0.29, 0.717) is 37.3 Å². The first kappa shape index (κ1) is 15.4. The zero-order valence-electron chi connectivity index (χ0n) is 12.3. The molecule has 1 aromatic carbocycles. The second kappa shape index (κ2) is 6.67. The second-order valence-corrected chi connectivity index (χ2v) is 5.08. The van der Waals surface area contributed by atoms with E-state index in [9.17, 15) is 14.0 Å². The molecule has 1 aliphatic rings. The first-order valence-electron chi connectivity index (χ1n) is 7.10. The van der Waals surface area contributed by atoms with Crippen molar-refractivity contribution >= 4 is 11.8 Å². The molecule has 114 valence electrons. The molecule has 1 fully saturated rings. The molecule has 1 aromatic rings. The summed E-state index contributed by atoms with van der Waals surface area (Å²) in [5.41, 5.74) is 0.829. The van der Waals surface area contributed by atoms with Crippen LogP contribution in [0.2, 0.25) is 0 Å². The van der Waals surface area contributed by atoms with Crippen molar-refractivity contribution in [3.63, 3.8) is 0 Å². The number of rotatable bonds is 3. The Hall–Kier alpha value is -1.95. The molecule has 0 spiro atoms. The zero-order valence-corrected chi connectivity index (χ0v) is 12.3. The summed E-state index contributed by atoms with van der Waals surface area (Å²) < 4.78 is 13.3. The molecule has 5 nitrogen and oxygen atoms in total. The second-order valence-electron chi connectivity index (χ2n) is 5.08. The number of likely N-dealkylation sites (N-methyl/N-ethyl adjacent to an activating group) is 1. The van der Waals surface area contributed by atoms with Crippen LogP contribution in [0.3, 0.4) is 0 Å². The number of nitrogens with one attached hydrogen (secondary N) is 2. The van der Waals surface area contributed by atoms with Crippen LogP contribution in [-0.4, -0.2) is 48.9 Å². The molecule has 6 heteroatoms. The highest BCUT2D eigenvalue weighted by atomic mass is 19.1. The summed E-state index contributed by atoms with van der Waals surface area (Å²) in [6.07, 6.45) is 0. The lowest BCUT2D eigenvalue weighted by Gasteiger charge is -2.35. The maximum atomic E-state index is 13.3. The van der Waals surface area contributed by atoms with Crippen LogP contribution in [0.4, 0.5) is 4.39 Å². The van der Waals surface area contributed by atoms with Gasteiger partial charge in [0.2, 0.25) is 5.91 Å². The average Bonchev–Trinajstić information content (AvgIpc) is 2.49. The summed E-state index contributed by atoms with van der Waals surface area (Å²) >= 11 is 0. The molecule has 1 unspecified atom stereocenters. The minimum atomic E-state index is -0.531. The maximum absolute atomic E-state index is 13.3. The first-order chi connectivity index (χ1) is 10.0. The molecule has 1 saturated heterocycles. The predicted molar refractivity (Wildman–Crippen MR) is 77.5 cm³/mol. The van der Waals surface area contributed by atoms with Crippen LogP contribution in [0.1, 0.15) is 22.8 Å². The molecule has 0 saturated carbocycles. The third kappa shape index (κ3) is 3.39. The summed E-state index contributed by atoms with van der Waals surface area (Å²) in [4.78, 5) is 26.2. The smallest absolute Gasteiger partial charge is 0.254 e. The van der Waals surface area contributed by atoms with Crippen LogP contribution in [0, 0.1) is 12.7 Å². The van der Waals surface area contributed by atoms with Gasteiger partial charge >= 0.3 is 0 Å². The van der Waals surface area contributed by atoms with Gasteiger partial charge in [-0.1, -0.05) is 0 Å². The number of hydrogen-bond donors (Lipinski definition) is 2. The topological polar surface area (TPSA) is 61.4 Å². The number of halogens is 1. The van der Waals surface area contributed by atoms with Gasteiger partial charge in [-0.2, -0.15) is 0 Å². The van der Waals surface area contributed by atoms with Gasteiger partial charge in [0.1, 0.15) is 11.9 Å². The van der Waals surface area contributed by atoms with Crippen molar-refractivity contribution in [3.8, 4) is 0 Å². The number of piperazine rings is 1. The molecule has 0 radical (unpaired) electrons. The standard InChI is InChI=1S/C15H20FN3O2/c1-3-18-14(20)13-9-17-6-7-19(13)15(21)11-4-5-12(16)10(2)8-11/h4-5,8,13,17H,3,6-7,9H2,1-2H3,(H,18,20). The molecular weight excluding hydrogens is 273 g/mol. The monoisotopic (exact) mass is 293 g/mol. The van der Waals surface area contributed by atoms with E-state index in [1.54, 1.807) is 11.8 Å². The Labute approximate surface area is 123 Å². The van der Waals surface area contributed by atoms with E-state index >= 15 is 0 Å². The summed E-state index contributed by atoms with van der Waals surface area (Å²) in [6.45, 7) is 5.50. The van der Waals surface area contributed by atoms with Crippen molar-refractivity contribution < 1.29 is 14.0 Å². The largest absolute Gasteiger partial charge is 0.355 e. The fourth-order valence-electron chi connectivity index (χ4n) is 2.42. The fourth-order valence-corrected chi connectivity index (χ4v) is 2.42. The number of aryl methyl sites for hydroxylation is 1. The predicted octanol–water partition coefficient (Wildman–Crippen LogP) is 0.684. The van der Waals surface area contributed by atoms with Gasteiger partial charge in [-0.3, -0.25) is 9.59 Å². The van der Waals surface area contributed by atoms with Crippen LogP contribution >= 0.6 is 0 Å². The van der Waals surface area contributed by atoms with Gasteiger partial charge in [0, 0.05) is 31.7 Å². The maximum Gasteiger partial charge on any atom is 0.254 e. The highest BCUT2D eigenvalue weighted by Gasteiger charge is 2.32. The molecule has 0 bridgehead atoms. The van der Waals surface area contributed by atoms with Crippen molar-refractivity contribution in [1.82, 2.24) is 15.5 Å². The van der Waals surface area contributed by atoms with Crippen LogP contribution in [-0.2, 0) is 4.79 Å². The minimum Gasteiger partial charge on any atom is -0.355 e. The van der Waals surface area contributed by atoms with Crippen LogP contribution < -0.4 is 10.6 Å². The number of nitrogens with zero attached hydrogens (tertiary/aromatic N) is 1. The normalized spacial score (nSPS) is 18.4. The van der Waals surface area contributed by atoms with E-state index in [2.05, 4.69) is 10.6 Å². The molecule has 2 N–H and O–H groups in total. The Balaban J connectivity index is 2.21.